The fourth-order valence-electron chi connectivity index (χ4n) is 3.02. The molecule has 0 aliphatic heterocycles. The van der Waals surface area contributed by atoms with E-state index in [1.54, 1.807) is 24.5 Å². The van der Waals surface area contributed by atoms with E-state index < -0.39 is 0 Å². The molecule has 4 aromatic rings. The standard InChI is InChI=1S/C18H16N4O2S2/c1-10-8-13(11(2)26-10)15(23)9-25-18-20-19-17-21(3)16(24)12-6-4-5-7-14(12)22(17)18/h4-8H,9H2,1-3H3. The molecule has 1 aromatic carbocycles. The molecule has 6 nitrogen and oxygen atoms in total. The maximum atomic E-state index is 12.6. The van der Waals surface area contributed by atoms with E-state index in [9.17, 15) is 9.59 Å². The molecule has 3 aromatic heterocycles. The van der Waals surface area contributed by atoms with Gasteiger partial charge in [0.25, 0.3) is 5.56 Å². The van der Waals surface area contributed by atoms with E-state index in [0.717, 1.165) is 20.8 Å². The molecule has 0 unspecified atom stereocenters. The van der Waals surface area contributed by atoms with Crippen LogP contribution in [0.2, 0.25) is 0 Å². The first kappa shape index (κ1) is 17.0. The summed E-state index contributed by atoms with van der Waals surface area (Å²) in [4.78, 5) is 27.2. The zero-order chi connectivity index (χ0) is 18.4. The van der Waals surface area contributed by atoms with E-state index in [-0.39, 0.29) is 17.1 Å². The Morgan fingerprint density at radius 2 is 2.00 bits per heavy atom. The normalized spacial score (nSPS) is 11.5. The summed E-state index contributed by atoms with van der Waals surface area (Å²) in [6, 6.07) is 9.29. The van der Waals surface area contributed by atoms with Crippen LogP contribution in [-0.4, -0.2) is 30.7 Å². The summed E-state index contributed by atoms with van der Waals surface area (Å²) < 4.78 is 3.31. The predicted molar refractivity (Wildman–Crippen MR) is 105 cm³/mol. The van der Waals surface area contributed by atoms with Crippen molar-refractivity contribution in [2.45, 2.75) is 19.0 Å². The number of benzene rings is 1. The number of nitrogens with zero attached hydrogens (tertiary/aromatic N) is 4. The Labute approximate surface area is 157 Å². The summed E-state index contributed by atoms with van der Waals surface area (Å²) in [5.74, 6) is 0.809. The number of aromatic nitrogens is 4. The van der Waals surface area contributed by atoms with Gasteiger partial charge in [0.1, 0.15) is 0 Å². The van der Waals surface area contributed by atoms with Crippen molar-refractivity contribution in [3.05, 3.63) is 56.0 Å². The number of para-hydroxylation sites is 1. The van der Waals surface area contributed by atoms with Gasteiger partial charge in [0, 0.05) is 22.4 Å². The molecule has 26 heavy (non-hydrogen) atoms. The van der Waals surface area contributed by atoms with Crippen LogP contribution in [0.3, 0.4) is 0 Å². The van der Waals surface area contributed by atoms with E-state index in [0.29, 0.717) is 16.3 Å². The molecule has 0 aliphatic carbocycles. The Kier molecular flexibility index (Phi) is 4.16. The van der Waals surface area contributed by atoms with Crippen molar-refractivity contribution in [1.82, 2.24) is 19.2 Å². The molecule has 0 N–H and O–H groups in total. The lowest BCUT2D eigenvalue weighted by Gasteiger charge is -2.07. The van der Waals surface area contributed by atoms with Crippen LogP contribution < -0.4 is 5.56 Å². The second-order valence-corrected chi connectivity index (χ2v) is 8.44. The molecule has 132 valence electrons. The minimum absolute atomic E-state index is 0.0720. The number of carbonyl (C=O) groups excluding carboxylic acids is 1. The van der Waals surface area contributed by atoms with E-state index in [1.807, 2.05) is 42.5 Å². The first-order chi connectivity index (χ1) is 12.5. The molecule has 0 radical (unpaired) electrons. The van der Waals surface area contributed by atoms with Gasteiger partial charge in [-0.3, -0.25) is 18.6 Å². The van der Waals surface area contributed by atoms with Gasteiger partial charge in [0.15, 0.2) is 10.9 Å². The Balaban J connectivity index is 1.75. The Morgan fingerprint density at radius 3 is 2.73 bits per heavy atom. The molecule has 0 atom stereocenters. The Hall–Kier alpha value is -2.45. The molecule has 0 bridgehead atoms. The lowest BCUT2D eigenvalue weighted by atomic mass is 10.2. The van der Waals surface area contributed by atoms with Gasteiger partial charge in [0.2, 0.25) is 5.78 Å². The second kappa shape index (κ2) is 6.37. The van der Waals surface area contributed by atoms with Crippen molar-refractivity contribution in [1.29, 1.82) is 0 Å². The van der Waals surface area contributed by atoms with Gasteiger partial charge in [-0.2, -0.15) is 0 Å². The number of carbonyl (C=O) groups is 1. The zero-order valence-electron chi connectivity index (χ0n) is 14.5. The van der Waals surface area contributed by atoms with Gasteiger partial charge in [0.05, 0.1) is 16.7 Å². The molecule has 0 amide bonds. The number of thiophene rings is 1. The fourth-order valence-corrected chi connectivity index (χ4v) is 4.79. The molecule has 0 saturated carbocycles. The van der Waals surface area contributed by atoms with Crippen LogP contribution in [0.15, 0.2) is 40.3 Å². The Bertz CT molecular complexity index is 1220. The topological polar surface area (TPSA) is 69.3 Å². The number of fused-ring (bicyclic) bond motifs is 3. The number of thioether (sulfide) groups is 1. The first-order valence-electron chi connectivity index (χ1n) is 8.03. The van der Waals surface area contributed by atoms with Crippen molar-refractivity contribution >= 4 is 45.6 Å². The summed E-state index contributed by atoms with van der Waals surface area (Å²) in [5, 5.41) is 9.55. The van der Waals surface area contributed by atoms with Crippen LogP contribution in [0.1, 0.15) is 20.1 Å². The van der Waals surface area contributed by atoms with Crippen molar-refractivity contribution in [2.75, 3.05) is 5.75 Å². The van der Waals surface area contributed by atoms with Crippen LogP contribution in [0.25, 0.3) is 16.7 Å². The largest absolute Gasteiger partial charge is 0.293 e. The van der Waals surface area contributed by atoms with Crippen LogP contribution in [0, 0.1) is 13.8 Å². The molecule has 0 saturated heterocycles. The van der Waals surface area contributed by atoms with Gasteiger partial charge in [-0.1, -0.05) is 23.9 Å². The van der Waals surface area contributed by atoms with Gasteiger partial charge in [-0.25, -0.2) is 0 Å². The molecular formula is C18H16N4O2S2. The second-order valence-electron chi connectivity index (χ2n) is 6.04. The number of aryl methyl sites for hydroxylation is 3. The van der Waals surface area contributed by atoms with Gasteiger partial charge in [-0.05, 0) is 32.0 Å². The highest BCUT2D eigenvalue weighted by Crippen LogP contribution is 2.25. The van der Waals surface area contributed by atoms with Crippen molar-refractivity contribution in [2.24, 2.45) is 7.05 Å². The van der Waals surface area contributed by atoms with Crippen LogP contribution in [-0.2, 0) is 7.05 Å². The van der Waals surface area contributed by atoms with Gasteiger partial charge < -0.3 is 0 Å². The zero-order valence-corrected chi connectivity index (χ0v) is 16.1. The van der Waals surface area contributed by atoms with Gasteiger partial charge in [-0.15, -0.1) is 21.5 Å². The number of rotatable bonds is 4. The van der Waals surface area contributed by atoms with Crippen LogP contribution in [0.5, 0.6) is 0 Å². The molecule has 4 rings (SSSR count). The molecule has 0 aliphatic rings. The number of Topliss-reactive ketones (excluding diaryl/α,β-unsaturated/α-hetero) is 1. The summed E-state index contributed by atoms with van der Waals surface area (Å²) in [7, 11) is 1.68. The van der Waals surface area contributed by atoms with Crippen LogP contribution in [0.4, 0.5) is 0 Å². The third kappa shape index (κ3) is 2.65. The number of hydrogen-bond acceptors (Lipinski definition) is 6. The number of hydrogen-bond donors (Lipinski definition) is 0. The first-order valence-corrected chi connectivity index (χ1v) is 9.83. The molecule has 3 heterocycles. The minimum Gasteiger partial charge on any atom is -0.293 e. The summed E-state index contributed by atoms with van der Waals surface area (Å²) in [6.07, 6.45) is 0. The molecular weight excluding hydrogens is 368 g/mol. The molecule has 0 spiro atoms. The van der Waals surface area contributed by atoms with E-state index in [4.69, 9.17) is 0 Å². The summed E-state index contributed by atoms with van der Waals surface area (Å²) in [6.45, 7) is 3.96. The smallest absolute Gasteiger partial charge is 0.262 e. The highest BCUT2D eigenvalue weighted by molar-refractivity contribution is 7.99. The van der Waals surface area contributed by atoms with E-state index in [2.05, 4.69) is 10.2 Å². The monoisotopic (exact) mass is 384 g/mol. The van der Waals surface area contributed by atoms with E-state index in [1.165, 1.54) is 16.3 Å². The third-order valence-electron chi connectivity index (χ3n) is 4.27. The average molecular weight is 384 g/mol. The fraction of sp³-hybridized carbons (Fsp3) is 0.222. The summed E-state index contributed by atoms with van der Waals surface area (Å²) >= 11 is 2.96. The minimum atomic E-state index is -0.113. The molecule has 8 heteroatoms. The van der Waals surface area contributed by atoms with Crippen molar-refractivity contribution < 1.29 is 4.79 Å². The Morgan fingerprint density at radius 1 is 1.23 bits per heavy atom. The number of ketones is 1. The van der Waals surface area contributed by atoms with Crippen molar-refractivity contribution in [3.8, 4) is 0 Å². The molecule has 0 fully saturated rings. The van der Waals surface area contributed by atoms with Crippen LogP contribution >= 0.6 is 23.1 Å². The predicted octanol–water partition coefficient (Wildman–Crippen LogP) is 3.23. The summed E-state index contributed by atoms with van der Waals surface area (Å²) in [5.41, 5.74) is 1.40. The SMILES string of the molecule is Cc1cc(C(=O)CSc2nnc3n(C)c(=O)c4ccccc4n23)c(C)s1. The third-order valence-corrected chi connectivity index (χ3v) is 6.16. The van der Waals surface area contributed by atoms with Gasteiger partial charge >= 0.3 is 0 Å². The van der Waals surface area contributed by atoms with Crippen molar-refractivity contribution in [3.63, 3.8) is 0 Å². The maximum Gasteiger partial charge on any atom is 0.262 e. The highest BCUT2D eigenvalue weighted by Gasteiger charge is 2.17. The highest BCUT2D eigenvalue weighted by atomic mass is 32.2. The maximum absolute atomic E-state index is 12.6. The quantitative estimate of drug-likeness (QED) is 0.399. The average Bonchev–Trinajstić information content (AvgIpc) is 3.20. The lowest BCUT2D eigenvalue weighted by molar-refractivity contribution is 0.102. The van der Waals surface area contributed by atoms with E-state index >= 15 is 0 Å². The lowest BCUT2D eigenvalue weighted by Crippen LogP contribution is -2.20.